The molecule has 1 saturated carbocycles. The van der Waals surface area contributed by atoms with Crippen molar-refractivity contribution in [1.29, 1.82) is 0 Å². The lowest BCUT2D eigenvalue weighted by molar-refractivity contribution is -0.198. The maximum absolute atomic E-state index is 12.7. The highest BCUT2D eigenvalue weighted by Crippen LogP contribution is 2.53. The predicted molar refractivity (Wildman–Crippen MR) is 104 cm³/mol. The molecule has 0 saturated heterocycles. The summed E-state index contributed by atoms with van der Waals surface area (Å²) in [6.45, 7) is 8.24. The minimum Gasteiger partial charge on any atom is -0.438 e. The number of carbonyl (C=O) groups is 1. The molecule has 1 aliphatic rings. The molecule has 0 spiro atoms. The third-order valence-electron chi connectivity index (χ3n) is 6.31. The number of amides is 2. The van der Waals surface area contributed by atoms with Gasteiger partial charge in [-0.3, -0.25) is 0 Å². The van der Waals surface area contributed by atoms with Gasteiger partial charge in [-0.2, -0.15) is 0 Å². The standard InChI is InChI=1S/C21H29N3O3/c1-14(18-22-13-16(27-18)15-10-8-7-9-11-15)23-19(25)24(5)17-12-21(4,26-6)20(17,2)3/h7-11,13-14,17H,12H2,1-6H3,(H,23,25). The SMILES string of the molecule is COC1(C)CC(N(C)C(=O)NC(C)c2ncc(-c3ccccc3)o2)C1(C)C. The molecule has 1 fully saturated rings. The number of hydrogen-bond donors (Lipinski definition) is 1. The largest absolute Gasteiger partial charge is 0.438 e. The first-order valence-corrected chi connectivity index (χ1v) is 9.29. The van der Waals surface area contributed by atoms with Crippen LogP contribution in [0.4, 0.5) is 4.79 Å². The van der Waals surface area contributed by atoms with Crippen molar-refractivity contribution >= 4 is 6.03 Å². The number of nitrogens with zero attached hydrogens (tertiary/aromatic N) is 2. The number of benzene rings is 1. The topological polar surface area (TPSA) is 67.6 Å². The van der Waals surface area contributed by atoms with E-state index < -0.39 is 0 Å². The summed E-state index contributed by atoms with van der Waals surface area (Å²) < 4.78 is 11.5. The van der Waals surface area contributed by atoms with Crippen LogP contribution in [0.25, 0.3) is 11.3 Å². The number of hydrogen-bond acceptors (Lipinski definition) is 4. The average Bonchev–Trinajstić information content (AvgIpc) is 3.16. The number of urea groups is 1. The molecule has 3 rings (SSSR count). The highest BCUT2D eigenvalue weighted by molar-refractivity contribution is 5.75. The smallest absolute Gasteiger partial charge is 0.318 e. The van der Waals surface area contributed by atoms with Gasteiger partial charge in [-0.1, -0.05) is 44.2 Å². The Labute approximate surface area is 160 Å². The zero-order valence-electron chi connectivity index (χ0n) is 16.9. The van der Waals surface area contributed by atoms with Crippen LogP contribution in [0.1, 0.15) is 46.0 Å². The van der Waals surface area contributed by atoms with Crippen molar-refractivity contribution in [2.45, 2.75) is 51.8 Å². The quantitative estimate of drug-likeness (QED) is 0.853. The lowest BCUT2D eigenvalue weighted by Gasteiger charge is -2.61. The van der Waals surface area contributed by atoms with Gasteiger partial charge in [0.15, 0.2) is 5.76 Å². The summed E-state index contributed by atoms with van der Waals surface area (Å²) >= 11 is 0. The zero-order chi connectivity index (χ0) is 19.8. The van der Waals surface area contributed by atoms with Crippen molar-refractivity contribution in [3.63, 3.8) is 0 Å². The maximum Gasteiger partial charge on any atom is 0.318 e. The number of rotatable bonds is 5. The lowest BCUT2D eigenvalue weighted by atomic mass is 9.55. The van der Waals surface area contributed by atoms with E-state index in [9.17, 15) is 4.79 Å². The second-order valence-electron chi connectivity index (χ2n) is 8.09. The molecule has 1 N–H and O–H groups in total. The Morgan fingerprint density at radius 2 is 2.00 bits per heavy atom. The summed E-state index contributed by atoms with van der Waals surface area (Å²) in [5, 5.41) is 2.98. The molecule has 3 atom stereocenters. The van der Waals surface area contributed by atoms with E-state index in [0.29, 0.717) is 11.7 Å². The van der Waals surface area contributed by atoms with Crippen LogP contribution in [-0.4, -0.2) is 41.7 Å². The van der Waals surface area contributed by atoms with Crippen LogP contribution in [-0.2, 0) is 4.74 Å². The minimum atomic E-state index is -0.325. The summed E-state index contributed by atoms with van der Waals surface area (Å²) in [5.74, 6) is 1.18. The summed E-state index contributed by atoms with van der Waals surface area (Å²) in [6, 6.07) is 9.43. The van der Waals surface area contributed by atoms with Crippen LogP contribution in [0.3, 0.4) is 0 Å². The lowest BCUT2D eigenvalue weighted by Crippen LogP contribution is -2.69. The number of aromatic nitrogens is 1. The van der Waals surface area contributed by atoms with Crippen molar-refractivity contribution in [1.82, 2.24) is 15.2 Å². The van der Waals surface area contributed by atoms with E-state index in [2.05, 4.69) is 31.1 Å². The monoisotopic (exact) mass is 371 g/mol. The molecule has 2 amide bonds. The van der Waals surface area contributed by atoms with Crippen molar-refractivity contribution in [2.24, 2.45) is 5.41 Å². The Morgan fingerprint density at radius 1 is 1.33 bits per heavy atom. The molecule has 0 bridgehead atoms. The summed E-state index contributed by atoms with van der Waals surface area (Å²) in [4.78, 5) is 18.8. The van der Waals surface area contributed by atoms with E-state index in [4.69, 9.17) is 9.15 Å². The minimum absolute atomic E-state index is 0.110. The van der Waals surface area contributed by atoms with E-state index in [1.54, 1.807) is 18.2 Å². The van der Waals surface area contributed by atoms with Crippen LogP contribution in [0.15, 0.2) is 40.9 Å². The van der Waals surface area contributed by atoms with Gasteiger partial charge in [0.05, 0.1) is 11.8 Å². The van der Waals surface area contributed by atoms with E-state index in [1.165, 1.54) is 0 Å². The van der Waals surface area contributed by atoms with E-state index in [0.717, 1.165) is 12.0 Å². The van der Waals surface area contributed by atoms with Crippen molar-refractivity contribution in [2.75, 3.05) is 14.2 Å². The van der Waals surface area contributed by atoms with Crippen LogP contribution in [0.2, 0.25) is 0 Å². The van der Waals surface area contributed by atoms with Crippen LogP contribution in [0, 0.1) is 5.41 Å². The van der Waals surface area contributed by atoms with Crippen LogP contribution >= 0.6 is 0 Å². The summed E-state index contributed by atoms with van der Waals surface area (Å²) in [5.41, 5.74) is 0.618. The fourth-order valence-corrected chi connectivity index (χ4v) is 3.79. The molecule has 6 heteroatoms. The molecule has 6 nitrogen and oxygen atoms in total. The van der Waals surface area contributed by atoms with Crippen molar-refractivity contribution < 1.29 is 13.9 Å². The highest BCUT2D eigenvalue weighted by Gasteiger charge is 2.59. The normalized spacial score (nSPS) is 24.7. The number of oxazole rings is 1. The predicted octanol–water partition coefficient (Wildman–Crippen LogP) is 4.25. The second-order valence-corrected chi connectivity index (χ2v) is 8.09. The van der Waals surface area contributed by atoms with Gasteiger partial charge >= 0.3 is 6.03 Å². The van der Waals surface area contributed by atoms with Gasteiger partial charge in [-0.05, 0) is 20.3 Å². The van der Waals surface area contributed by atoms with Crippen LogP contribution in [0.5, 0.6) is 0 Å². The molecular weight excluding hydrogens is 342 g/mol. The molecule has 0 aliphatic heterocycles. The molecule has 1 heterocycles. The Bertz CT molecular complexity index is 802. The summed E-state index contributed by atoms with van der Waals surface area (Å²) in [6.07, 6.45) is 2.50. The Kier molecular flexibility index (Phi) is 5.04. The van der Waals surface area contributed by atoms with Gasteiger partial charge in [0.2, 0.25) is 5.89 Å². The Balaban J connectivity index is 1.64. The fourth-order valence-electron chi connectivity index (χ4n) is 3.79. The average molecular weight is 371 g/mol. The third-order valence-corrected chi connectivity index (χ3v) is 6.31. The Morgan fingerprint density at radius 3 is 2.59 bits per heavy atom. The molecule has 3 unspecified atom stereocenters. The van der Waals surface area contributed by atoms with Gasteiger partial charge < -0.3 is 19.4 Å². The van der Waals surface area contributed by atoms with Gasteiger partial charge in [0.1, 0.15) is 6.04 Å². The van der Waals surface area contributed by atoms with Gasteiger partial charge in [-0.25, -0.2) is 9.78 Å². The molecule has 27 heavy (non-hydrogen) atoms. The third kappa shape index (κ3) is 3.34. The fraction of sp³-hybridized carbons (Fsp3) is 0.524. The van der Waals surface area contributed by atoms with E-state index in [1.807, 2.05) is 44.3 Å². The van der Waals surface area contributed by atoms with Crippen molar-refractivity contribution in [3.05, 3.63) is 42.4 Å². The molecule has 1 aromatic carbocycles. The van der Waals surface area contributed by atoms with Gasteiger partial charge in [-0.15, -0.1) is 0 Å². The first kappa shape index (κ1) is 19.4. The zero-order valence-corrected chi connectivity index (χ0v) is 16.9. The molecule has 2 aromatic rings. The van der Waals surface area contributed by atoms with E-state index >= 15 is 0 Å². The molecule has 1 aromatic heterocycles. The number of ether oxygens (including phenoxy) is 1. The Hall–Kier alpha value is -2.34. The molecule has 0 radical (unpaired) electrons. The highest BCUT2D eigenvalue weighted by atomic mass is 16.5. The molecular formula is C21H29N3O3. The first-order valence-electron chi connectivity index (χ1n) is 9.29. The number of carbonyl (C=O) groups excluding carboxylic acids is 1. The van der Waals surface area contributed by atoms with Gasteiger partial charge in [0, 0.05) is 31.2 Å². The summed E-state index contributed by atoms with van der Waals surface area (Å²) in [7, 11) is 3.56. The van der Waals surface area contributed by atoms with Crippen LogP contribution < -0.4 is 5.32 Å². The first-order chi connectivity index (χ1) is 12.7. The maximum atomic E-state index is 12.7. The van der Waals surface area contributed by atoms with Gasteiger partial charge in [0.25, 0.3) is 0 Å². The van der Waals surface area contributed by atoms with E-state index in [-0.39, 0.29) is 29.1 Å². The number of nitrogens with one attached hydrogen (secondary N) is 1. The number of methoxy groups -OCH3 is 1. The van der Waals surface area contributed by atoms with Crippen molar-refractivity contribution in [3.8, 4) is 11.3 Å². The molecule has 1 aliphatic carbocycles. The second kappa shape index (κ2) is 7.00. The molecule has 146 valence electrons.